The van der Waals surface area contributed by atoms with E-state index < -0.39 is 17.8 Å². The van der Waals surface area contributed by atoms with E-state index >= 15 is 0 Å². The molecule has 4 amide bonds. The second kappa shape index (κ2) is 3.32. The molecule has 5 heteroatoms. The van der Waals surface area contributed by atoms with E-state index in [2.05, 4.69) is 6.92 Å². The molecule has 2 aliphatic rings. The molecule has 0 bridgehead atoms. The lowest BCUT2D eigenvalue weighted by molar-refractivity contribution is -0.141. The van der Waals surface area contributed by atoms with E-state index in [0.717, 1.165) is 30.6 Å². The minimum Gasteiger partial charge on any atom is -0.269 e. The normalized spacial score (nSPS) is 24.1. The number of nitrogens with zero attached hydrogens (tertiary/aromatic N) is 1. The summed E-state index contributed by atoms with van der Waals surface area (Å²) in [6.45, 7) is 2.44. The van der Waals surface area contributed by atoms with Crippen LogP contribution in [0.1, 0.15) is 32.6 Å². The highest BCUT2D eigenvalue weighted by Gasteiger charge is 2.44. The van der Waals surface area contributed by atoms with Crippen LogP contribution in [0.4, 0.5) is 4.79 Å². The average Bonchev–Trinajstić information content (AvgIpc) is 2.37. The van der Waals surface area contributed by atoms with Gasteiger partial charge in [0.25, 0.3) is 0 Å². The number of amides is 4. The van der Waals surface area contributed by atoms with Gasteiger partial charge in [0, 0.05) is 6.54 Å². The Labute approximate surface area is 87.8 Å². The highest BCUT2D eigenvalue weighted by molar-refractivity contribution is 6.44. The lowest BCUT2D eigenvalue weighted by Crippen LogP contribution is -2.44. The summed E-state index contributed by atoms with van der Waals surface area (Å²) < 4.78 is 0. The number of urea groups is 1. The van der Waals surface area contributed by atoms with Crippen LogP contribution in [-0.2, 0) is 9.59 Å². The number of carbonyl (C=O) groups is 3. The summed E-state index contributed by atoms with van der Waals surface area (Å²) in [5.41, 5.74) is 0.0671. The molecule has 0 radical (unpaired) electrons. The molecule has 1 heterocycles. The van der Waals surface area contributed by atoms with Crippen LogP contribution >= 0.6 is 0 Å². The molecule has 82 valence electrons. The zero-order valence-electron chi connectivity index (χ0n) is 8.71. The van der Waals surface area contributed by atoms with Gasteiger partial charge in [-0.2, -0.15) is 0 Å². The molecule has 15 heavy (non-hydrogen) atoms. The van der Waals surface area contributed by atoms with Crippen LogP contribution in [0.25, 0.3) is 0 Å². The SMILES string of the molecule is CCC1(CN2C(=O)NC(=O)C2=O)CCC1. The minimum atomic E-state index is -0.800. The lowest BCUT2D eigenvalue weighted by atomic mass is 9.67. The molecule has 1 aliphatic carbocycles. The van der Waals surface area contributed by atoms with Gasteiger partial charge in [0.15, 0.2) is 0 Å². The topological polar surface area (TPSA) is 66.5 Å². The lowest BCUT2D eigenvalue weighted by Gasteiger charge is -2.42. The van der Waals surface area contributed by atoms with Crippen LogP contribution in [-0.4, -0.2) is 29.3 Å². The maximum Gasteiger partial charge on any atom is 0.331 e. The standard InChI is InChI=1S/C10H14N2O3/c1-2-10(4-3-5-10)6-12-8(14)7(13)11-9(12)15/h2-6H2,1H3,(H,11,13,15). The summed E-state index contributed by atoms with van der Waals surface area (Å²) in [5, 5.41) is 2.01. The highest BCUT2D eigenvalue weighted by atomic mass is 16.2. The second-order valence-corrected chi connectivity index (χ2v) is 4.36. The summed E-state index contributed by atoms with van der Waals surface area (Å²) >= 11 is 0. The molecule has 0 aromatic rings. The first-order chi connectivity index (χ1) is 7.08. The third-order valence-electron chi connectivity index (χ3n) is 3.56. The van der Waals surface area contributed by atoms with E-state index in [1.165, 1.54) is 0 Å². The fraction of sp³-hybridized carbons (Fsp3) is 0.700. The van der Waals surface area contributed by atoms with Crippen LogP contribution in [0, 0.1) is 5.41 Å². The first kappa shape index (κ1) is 10.1. The van der Waals surface area contributed by atoms with Gasteiger partial charge in [-0.3, -0.25) is 19.8 Å². The number of rotatable bonds is 3. The molecule has 2 rings (SSSR count). The molecule has 0 aromatic heterocycles. The molecule has 2 fully saturated rings. The van der Waals surface area contributed by atoms with E-state index in [4.69, 9.17) is 0 Å². The minimum absolute atomic E-state index is 0.0671. The average molecular weight is 210 g/mol. The number of imide groups is 2. The Hall–Kier alpha value is -1.39. The molecule has 1 N–H and O–H groups in total. The predicted molar refractivity (Wildman–Crippen MR) is 51.8 cm³/mol. The number of hydrogen-bond acceptors (Lipinski definition) is 3. The van der Waals surface area contributed by atoms with Crippen molar-refractivity contribution in [1.29, 1.82) is 0 Å². The molecule has 0 aromatic carbocycles. The molecule has 0 spiro atoms. The zero-order chi connectivity index (χ0) is 11.1. The number of nitrogens with one attached hydrogen (secondary N) is 1. The molecule has 1 aliphatic heterocycles. The Kier molecular flexibility index (Phi) is 2.25. The summed E-state index contributed by atoms with van der Waals surface area (Å²) in [5.74, 6) is -1.51. The van der Waals surface area contributed by atoms with Gasteiger partial charge >= 0.3 is 17.8 Å². The number of hydrogen-bond donors (Lipinski definition) is 1. The van der Waals surface area contributed by atoms with Crippen LogP contribution in [0.15, 0.2) is 0 Å². The van der Waals surface area contributed by atoms with Crippen molar-refractivity contribution in [2.75, 3.05) is 6.54 Å². The van der Waals surface area contributed by atoms with E-state index in [9.17, 15) is 14.4 Å². The maximum absolute atomic E-state index is 11.3. The predicted octanol–water partition coefficient (Wildman–Crippen LogP) is 0.645. The van der Waals surface area contributed by atoms with Gasteiger partial charge in [-0.15, -0.1) is 0 Å². The van der Waals surface area contributed by atoms with Gasteiger partial charge in [0.1, 0.15) is 0 Å². The third kappa shape index (κ3) is 1.52. The molecule has 1 saturated heterocycles. The van der Waals surface area contributed by atoms with Crippen molar-refractivity contribution in [3.63, 3.8) is 0 Å². The van der Waals surface area contributed by atoms with E-state index in [-0.39, 0.29) is 5.41 Å². The Morgan fingerprint density at radius 1 is 1.33 bits per heavy atom. The van der Waals surface area contributed by atoms with Gasteiger partial charge in [-0.05, 0) is 24.7 Å². The Bertz CT molecular complexity index is 328. The summed E-state index contributed by atoms with van der Waals surface area (Å²) in [7, 11) is 0. The second-order valence-electron chi connectivity index (χ2n) is 4.36. The fourth-order valence-electron chi connectivity index (χ4n) is 2.21. The quantitative estimate of drug-likeness (QED) is 0.549. The summed E-state index contributed by atoms with van der Waals surface area (Å²) in [6, 6.07) is -0.565. The smallest absolute Gasteiger partial charge is 0.269 e. The van der Waals surface area contributed by atoms with Crippen LogP contribution in [0.2, 0.25) is 0 Å². The van der Waals surface area contributed by atoms with Crippen molar-refractivity contribution in [2.24, 2.45) is 5.41 Å². The van der Waals surface area contributed by atoms with E-state index in [1.54, 1.807) is 0 Å². The van der Waals surface area contributed by atoms with Gasteiger partial charge in [0.05, 0.1) is 0 Å². The summed E-state index contributed by atoms with van der Waals surface area (Å²) in [6.07, 6.45) is 4.16. The number of carbonyl (C=O) groups excluding carboxylic acids is 3. The monoisotopic (exact) mass is 210 g/mol. The maximum atomic E-state index is 11.3. The van der Waals surface area contributed by atoms with Crippen molar-refractivity contribution < 1.29 is 14.4 Å². The van der Waals surface area contributed by atoms with Gasteiger partial charge < -0.3 is 0 Å². The van der Waals surface area contributed by atoms with Crippen molar-refractivity contribution in [3.8, 4) is 0 Å². The largest absolute Gasteiger partial charge is 0.331 e. The molecular weight excluding hydrogens is 196 g/mol. The zero-order valence-corrected chi connectivity index (χ0v) is 8.71. The Balaban J connectivity index is 2.08. The van der Waals surface area contributed by atoms with Crippen molar-refractivity contribution in [2.45, 2.75) is 32.6 Å². The van der Waals surface area contributed by atoms with Crippen molar-refractivity contribution in [1.82, 2.24) is 10.2 Å². The van der Waals surface area contributed by atoms with E-state index in [1.807, 2.05) is 5.32 Å². The molecular formula is C10H14N2O3. The summed E-state index contributed by atoms with van der Waals surface area (Å²) in [4.78, 5) is 34.6. The fourth-order valence-corrected chi connectivity index (χ4v) is 2.21. The van der Waals surface area contributed by atoms with Crippen LogP contribution in [0.5, 0.6) is 0 Å². The van der Waals surface area contributed by atoms with Crippen molar-refractivity contribution in [3.05, 3.63) is 0 Å². The van der Waals surface area contributed by atoms with Crippen LogP contribution < -0.4 is 5.32 Å². The van der Waals surface area contributed by atoms with E-state index in [0.29, 0.717) is 6.54 Å². The van der Waals surface area contributed by atoms with Gasteiger partial charge in [-0.25, -0.2) is 4.79 Å². The highest BCUT2D eigenvalue weighted by Crippen LogP contribution is 2.44. The molecule has 1 saturated carbocycles. The van der Waals surface area contributed by atoms with Crippen molar-refractivity contribution >= 4 is 17.8 Å². The van der Waals surface area contributed by atoms with Crippen LogP contribution in [0.3, 0.4) is 0 Å². The Morgan fingerprint density at radius 2 is 2.00 bits per heavy atom. The molecule has 0 atom stereocenters. The van der Waals surface area contributed by atoms with Gasteiger partial charge in [0.2, 0.25) is 0 Å². The molecule has 5 nitrogen and oxygen atoms in total. The Morgan fingerprint density at radius 3 is 2.33 bits per heavy atom. The first-order valence-corrected chi connectivity index (χ1v) is 5.25. The molecule has 0 unspecified atom stereocenters. The first-order valence-electron chi connectivity index (χ1n) is 5.25. The third-order valence-corrected chi connectivity index (χ3v) is 3.56. The van der Waals surface area contributed by atoms with Gasteiger partial charge in [-0.1, -0.05) is 13.3 Å².